The summed E-state index contributed by atoms with van der Waals surface area (Å²) >= 11 is 0. The van der Waals surface area contributed by atoms with Gasteiger partial charge in [0, 0.05) is 18.0 Å². The number of amides is 1. The third-order valence-electron chi connectivity index (χ3n) is 3.95. The quantitative estimate of drug-likeness (QED) is 0.582. The van der Waals surface area contributed by atoms with Crippen LogP contribution in [0.15, 0.2) is 60.9 Å². The van der Waals surface area contributed by atoms with Crippen molar-refractivity contribution in [2.45, 2.75) is 0 Å². The highest BCUT2D eigenvalue weighted by molar-refractivity contribution is 6.03. The molecule has 0 fully saturated rings. The summed E-state index contributed by atoms with van der Waals surface area (Å²) in [6.45, 7) is 0. The second kappa shape index (κ2) is 6.49. The number of fused-ring (bicyclic) bond motifs is 1. The monoisotopic (exact) mass is 365 g/mol. The van der Waals surface area contributed by atoms with Crippen molar-refractivity contribution in [2.24, 2.45) is 0 Å². The van der Waals surface area contributed by atoms with E-state index in [1.165, 1.54) is 18.3 Å². The van der Waals surface area contributed by atoms with Crippen LogP contribution >= 0.6 is 0 Å². The number of rotatable bonds is 3. The topological polar surface area (TPSA) is 85.3 Å². The predicted octanol–water partition coefficient (Wildman–Crippen LogP) is 3.51. The van der Waals surface area contributed by atoms with Gasteiger partial charge in [0.05, 0.1) is 11.4 Å². The van der Waals surface area contributed by atoms with Gasteiger partial charge in [-0.1, -0.05) is 12.1 Å². The number of nitrogens with two attached hydrogens (primary N) is 1. The number of anilines is 2. The fourth-order valence-electron chi connectivity index (χ4n) is 2.65. The van der Waals surface area contributed by atoms with Crippen molar-refractivity contribution in [3.05, 3.63) is 78.3 Å². The van der Waals surface area contributed by atoms with E-state index in [1.807, 2.05) is 6.07 Å². The smallest absolute Gasteiger partial charge is 0.275 e. The molecule has 0 bridgehead atoms. The molecule has 3 heterocycles. The first-order chi connectivity index (χ1) is 13.0. The number of carbonyl (C=O) groups is 1. The van der Waals surface area contributed by atoms with Gasteiger partial charge in [-0.05, 0) is 36.4 Å². The third-order valence-corrected chi connectivity index (χ3v) is 3.95. The van der Waals surface area contributed by atoms with Crippen LogP contribution in [-0.4, -0.2) is 20.3 Å². The average molecular weight is 365 g/mol. The second-order valence-electron chi connectivity index (χ2n) is 5.81. The van der Waals surface area contributed by atoms with Crippen LogP contribution in [-0.2, 0) is 0 Å². The molecule has 134 valence electrons. The number of nitrogens with zero attached hydrogens (tertiary/aromatic N) is 3. The van der Waals surface area contributed by atoms with E-state index in [9.17, 15) is 13.6 Å². The number of benzene rings is 1. The lowest BCUT2D eigenvalue weighted by Gasteiger charge is -2.04. The summed E-state index contributed by atoms with van der Waals surface area (Å²) in [6, 6.07) is 12.4. The number of carbonyl (C=O) groups excluding carboxylic acids is 1. The van der Waals surface area contributed by atoms with E-state index >= 15 is 0 Å². The molecule has 1 aromatic carbocycles. The molecule has 27 heavy (non-hydrogen) atoms. The van der Waals surface area contributed by atoms with Crippen LogP contribution in [0.3, 0.4) is 0 Å². The first kappa shape index (κ1) is 16.6. The van der Waals surface area contributed by atoms with Crippen molar-refractivity contribution in [2.75, 3.05) is 11.1 Å². The molecular formula is C19H13F2N5O. The maximum absolute atomic E-state index is 13.7. The van der Waals surface area contributed by atoms with Gasteiger partial charge in [0.15, 0.2) is 11.6 Å². The number of aromatic nitrogens is 3. The van der Waals surface area contributed by atoms with E-state index in [1.54, 1.807) is 34.9 Å². The molecule has 0 aliphatic rings. The van der Waals surface area contributed by atoms with E-state index in [2.05, 4.69) is 15.3 Å². The van der Waals surface area contributed by atoms with E-state index in [-0.39, 0.29) is 11.4 Å². The summed E-state index contributed by atoms with van der Waals surface area (Å²) < 4.78 is 28.6. The summed E-state index contributed by atoms with van der Waals surface area (Å²) in [4.78, 5) is 20.8. The van der Waals surface area contributed by atoms with Gasteiger partial charge < -0.3 is 15.5 Å². The van der Waals surface area contributed by atoms with Crippen LogP contribution in [0.4, 0.5) is 20.3 Å². The van der Waals surface area contributed by atoms with Crippen molar-refractivity contribution in [3.63, 3.8) is 0 Å². The molecule has 0 spiro atoms. The number of hydrogen-bond acceptors (Lipinski definition) is 4. The number of imidazole rings is 1. The predicted molar refractivity (Wildman–Crippen MR) is 97.1 cm³/mol. The Kier molecular flexibility index (Phi) is 4.00. The van der Waals surface area contributed by atoms with Crippen LogP contribution in [0.2, 0.25) is 0 Å². The maximum Gasteiger partial charge on any atom is 0.275 e. The molecule has 1 amide bonds. The van der Waals surface area contributed by atoms with Crippen LogP contribution in [0.5, 0.6) is 0 Å². The molecule has 0 unspecified atom stereocenters. The minimum atomic E-state index is -1.12. The van der Waals surface area contributed by atoms with Gasteiger partial charge >= 0.3 is 0 Å². The Morgan fingerprint density at radius 1 is 1.00 bits per heavy atom. The molecule has 3 N–H and O–H groups in total. The SMILES string of the molecule is Nc1cccc(-c2ccc3nc(C(=O)Nc4cccc(F)c4F)cn3c2)n1. The Hall–Kier alpha value is -3.81. The molecule has 0 radical (unpaired) electrons. The number of nitrogen functional groups attached to an aromatic ring is 1. The lowest BCUT2D eigenvalue weighted by molar-refractivity contribution is 0.102. The lowest BCUT2D eigenvalue weighted by Crippen LogP contribution is -2.13. The molecule has 0 saturated carbocycles. The Morgan fingerprint density at radius 3 is 2.63 bits per heavy atom. The van der Waals surface area contributed by atoms with Crippen molar-refractivity contribution >= 4 is 23.1 Å². The van der Waals surface area contributed by atoms with Gasteiger partial charge in [0.2, 0.25) is 0 Å². The summed E-state index contributed by atoms with van der Waals surface area (Å²) in [5, 5.41) is 2.32. The zero-order valence-electron chi connectivity index (χ0n) is 13.9. The fourth-order valence-corrected chi connectivity index (χ4v) is 2.65. The van der Waals surface area contributed by atoms with E-state index < -0.39 is 17.5 Å². The van der Waals surface area contributed by atoms with Crippen molar-refractivity contribution in [1.82, 2.24) is 14.4 Å². The van der Waals surface area contributed by atoms with Gasteiger partial charge in [0.25, 0.3) is 5.91 Å². The number of halogens is 2. The van der Waals surface area contributed by atoms with Crippen molar-refractivity contribution in [3.8, 4) is 11.3 Å². The number of nitrogens with one attached hydrogen (secondary N) is 1. The molecule has 0 aliphatic heterocycles. The van der Waals surface area contributed by atoms with Gasteiger partial charge in [-0.2, -0.15) is 0 Å². The molecular weight excluding hydrogens is 352 g/mol. The number of pyridine rings is 2. The Labute approximate surface area is 152 Å². The van der Waals surface area contributed by atoms with Crippen LogP contribution < -0.4 is 11.1 Å². The third kappa shape index (κ3) is 3.20. The lowest BCUT2D eigenvalue weighted by atomic mass is 10.2. The van der Waals surface area contributed by atoms with Crippen LogP contribution in [0.25, 0.3) is 16.9 Å². The highest BCUT2D eigenvalue weighted by Crippen LogP contribution is 2.20. The van der Waals surface area contributed by atoms with Crippen LogP contribution in [0.1, 0.15) is 10.5 Å². The summed E-state index contributed by atoms with van der Waals surface area (Å²) in [6.07, 6.45) is 3.25. The Morgan fingerprint density at radius 2 is 1.81 bits per heavy atom. The molecule has 0 aliphatic carbocycles. The highest BCUT2D eigenvalue weighted by atomic mass is 19.2. The minimum absolute atomic E-state index is 0.0661. The molecule has 3 aromatic heterocycles. The van der Waals surface area contributed by atoms with Gasteiger partial charge in [0.1, 0.15) is 17.2 Å². The largest absolute Gasteiger partial charge is 0.384 e. The number of hydrogen-bond donors (Lipinski definition) is 2. The molecule has 8 heteroatoms. The minimum Gasteiger partial charge on any atom is -0.384 e. The van der Waals surface area contributed by atoms with E-state index in [4.69, 9.17) is 5.73 Å². The zero-order chi connectivity index (χ0) is 19.0. The summed E-state index contributed by atoms with van der Waals surface area (Å²) in [5.41, 5.74) is 7.51. The molecule has 6 nitrogen and oxygen atoms in total. The highest BCUT2D eigenvalue weighted by Gasteiger charge is 2.15. The molecule has 4 aromatic rings. The van der Waals surface area contributed by atoms with E-state index in [0.717, 1.165) is 11.6 Å². The van der Waals surface area contributed by atoms with Gasteiger partial charge in [-0.25, -0.2) is 18.7 Å². The molecule has 0 saturated heterocycles. The molecule has 4 rings (SSSR count). The standard InChI is InChI=1S/C19H13F2N5O/c20-12-3-1-5-14(18(12)21)25-19(27)15-10-26-9-11(7-8-17(26)24-15)13-4-2-6-16(22)23-13/h1-10H,(H2,22,23)(H,25,27). The normalized spacial score (nSPS) is 10.9. The second-order valence-corrected chi connectivity index (χ2v) is 5.81. The van der Waals surface area contributed by atoms with Crippen LogP contribution in [0, 0.1) is 11.6 Å². The van der Waals surface area contributed by atoms with Gasteiger partial charge in [-0.3, -0.25) is 4.79 Å². The van der Waals surface area contributed by atoms with Crippen molar-refractivity contribution in [1.29, 1.82) is 0 Å². The zero-order valence-corrected chi connectivity index (χ0v) is 13.9. The van der Waals surface area contributed by atoms with Gasteiger partial charge in [-0.15, -0.1) is 0 Å². The maximum atomic E-state index is 13.7. The summed E-state index contributed by atoms with van der Waals surface area (Å²) in [7, 11) is 0. The first-order valence-electron chi connectivity index (χ1n) is 7.98. The summed E-state index contributed by atoms with van der Waals surface area (Å²) in [5.74, 6) is -2.41. The van der Waals surface area contributed by atoms with Crippen molar-refractivity contribution < 1.29 is 13.6 Å². The molecule has 0 atom stereocenters. The van der Waals surface area contributed by atoms with E-state index in [0.29, 0.717) is 17.2 Å². The Bertz CT molecular complexity index is 1170. The first-order valence-corrected chi connectivity index (χ1v) is 7.98. The Balaban J connectivity index is 1.65. The average Bonchev–Trinajstić information content (AvgIpc) is 3.09. The fraction of sp³-hybridized carbons (Fsp3) is 0.